The molecule has 1 aromatic carbocycles. The van der Waals surface area contributed by atoms with Crippen LogP contribution in [0.15, 0.2) is 18.2 Å². The molecular weight excluding hydrogens is 260 g/mol. The number of benzene rings is 1. The van der Waals surface area contributed by atoms with Gasteiger partial charge in [0.1, 0.15) is 0 Å². The molecule has 19 heavy (non-hydrogen) atoms. The fourth-order valence-corrected chi connectivity index (χ4v) is 3.01. The van der Waals surface area contributed by atoms with Crippen molar-refractivity contribution in [2.24, 2.45) is 11.7 Å². The molecule has 2 rings (SSSR count). The lowest BCUT2D eigenvalue weighted by Crippen LogP contribution is -2.51. The molecule has 0 heterocycles. The van der Waals surface area contributed by atoms with E-state index < -0.39 is 5.54 Å². The topological polar surface area (TPSA) is 55.1 Å². The molecule has 1 aliphatic rings. The average molecular weight is 281 g/mol. The third kappa shape index (κ3) is 3.28. The average Bonchev–Trinajstić information content (AvgIpc) is 2.32. The third-order valence-electron chi connectivity index (χ3n) is 3.95. The number of aryl methyl sites for hydroxylation is 1. The number of amides is 1. The smallest absolute Gasteiger partial charge is 0.229 e. The van der Waals surface area contributed by atoms with Crippen molar-refractivity contribution >= 4 is 23.2 Å². The molecule has 0 saturated heterocycles. The molecule has 0 aromatic heterocycles. The van der Waals surface area contributed by atoms with Gasteiger partial charge in [-0.1, -0.05) is 30.5 Å². The predicted molar refractivity (Wildman–Crippen MR) is 79.4 cm³/mol. The summed E-state index contributed by atoms with van der Waals surface area (Å²) in [5.74, 6) is -0.158. The van der Waals surface area contributed by atoms with Gasteiger partial charge in [0.2, 0.25) is 5.91 Å². The lowest BCUT2D eigenvalue weighted by atomic mass is 9.74. The van der Waals surface area contributed by atoms with E-state index in [0.29, 0.717) is 10.7 Å². The van der Waals surface area contributed by atoms with Gasteiger partial charge in [0.25, 0.3) is 0 Å². The van der Waals surface area contributed by atoms with Gasteiger partial charge in [-0.15, -0.1) is 0 Å². The van der Waals surface area contributed by atoms with Crippen molar-refractivity contribution in [1.82, 2.24) is 0 Å². The predicted octanol–water partition coefficient (Wildman–Crippen LogP) is 3.49. The number of carbonyl (C=O) groups is 1. The molecule has 1 aliphatic carbocycles. The summed E-state index contributed by atoms with van der Waals surface area (Å²) < 4.78 is 0. The van der Waals surface area contributed by atoms with E-state index in [-0.39, 0.29) is 11.8 Å². The maximum absolute atomic E-state index is 12.4. The first kappa shape index (κ1) is 14.4. The van der Waals surface area contributed by atoms with Crippen LogP contribution in [0.2, 0.25) is 5.02 Å². The molecule has 1 amide bonds. The van der Waals surface area contributed by atoms with E-state index in [1.165, 1.54) is 0 Å². The Morgan fingerprint density at radius 3 is 2.84 bits per heavy atom. The minimum atomic E-state index is -0.417. The first-order valence-electron chi connectivity index (χ1n) is 6.76. The fraction of sp³-hybridized carbons (Fsp3) is 0.533. The van der Waals surface area contributed by atoms with Crippen LogP contribution in [-0.2, 0) is 4.79 Å². The number of hydrogen-bond acceptors (Lipinski definition) is 2. The Hall–Kier alpha value is -1.06. The maximum atomic E-state index is 12.4. The van der Waals surface area contributed by atoms with Crippen molar-refractivity contribution < 1.29 is 4.79 Å². The van der Waals surface area contributed by atoms with E-state index >= 15 is 0 Å². The van der Waals surface area contributed by atoms with Gasteiger partial charge >= 0.3 is 0 Å². The molecule has 1 fully saturated rings. The highest BCUT2D eigenvalue weighted by atomic mass is 35.5. The Morgan fingerprint density at radius 2 is 2.21 bits per heavy atom. The van der Waals surface area contributed by atoms with E-state index in [0.717, 1.165) is 31.2 Å². The Balaban J connectivity index is 2.12. The van der Waals surface area contributed by atoms with E-state index in [9.17, 15) is 4.79 Å². The molecule has 0 aliphatic heterocycles. The lowest BCUT2D eigenvalue weighted by molar-refractivity contribution is -0.122. The van der Waals surface area contributed by atoms with Gasteiger partial charge < -0.3 is 11.1 Å². The molecule has 1 aromatic rings. The van der Waals surface area contributed by atoms with Crippen LogP contribution in [0.4, 0.5) is 5.69 Å². The Labute approximate surface area is 119 Å². The van der Waals surface area contributed by atoms with Gasteiger partial charge in [0.15, 0.2) is 0 Å². The minimum absolute atomic E-state index is 0.0181. The molecule has 1 saturated carbocycles. The second-order valence-corrected chi connectivity index (χ2v) is 6.18. The van der Waals surface area contributed by atoms with Gasteiger partial charge in [-0.2, -0.15) is 0 Å². The summed E-state index contributed by atoms with van der Waals surface area (Å²) in [7, 11) is 0. The van der Waals surface area contributed by atoms with Crippen molar-refractivity contribution in [2.75, 3.05) is 5.32 Å². The summed E-state index contributed by atoms with van der Waals surface area (Å²) in [4.78, 5) is 12.4. The van der Waals surface area contributed by atoms with Gasteiger partial charge in [-0.25, -0.2) is 0 Å². The largest absolute Gasteiger partial charge is 0.325 e. The molecule has 0 radical (unpaired) electrons. The van der Waals surface area contributed by atoms with E-state index in [1.54, 1.807) is 0 Å². The van der Waals surface area contributed by atoms with Crippen molar-refractivity contribution in [2.45, 2.75) is 45.1 Å². The molecule has 3 N–H and O–H groups in total. The normalized spacial score (nSPS) is 27.1. The number of halogens is 1. The Bertz CT molecular complexity index is 485. The van der Waals surface area contributed by atoms with Crippen LogP contribution in [0.1, 0.15) is 38.2 Å². The van der Waals surface area contributed by atoms with Gasteiger partial charge in [-0.3, -0.25) is 4.79 Å². The molecule has 2 unspecified atom stereocenters. The number of nitrogens with two attached hydrogens (primary N) is 1. The monoisotopic (exact) mass is 280 g/mol. The first-order chi connectivity index (χ1) is 8.90. The van der Waals surface area contributed by atoms with Gasteiger partial charge in [-0.05, 0) is 44.4 Å². The zero-order valence-corrected chi connectivity index (χ0v) is 12.3. The zero-order chi connectivity index (χ0) is 14.0. The molecular formula is C15H21ClN2O. The SMILES string of the molecule is Cc1ccc(NC(=O)C2CCCCC2(C)N)c(Cl)c1. The summed E-state index contributed by atoms with van der Waals surface area (Å²) in [6, 6.07) is 5.62. The maximum Gasteiger partial charge on any atom is 0.229 e. The quantitative estimate of drug-likeness (QED) is 0.871. The van der Waals surface area contributed by atoms with E-state index in [2.05, 4.69) is 5.32 Å². The van der Waals surface area contributed by atoms with Crippen LogP contribution < -0.4 is 11.1 Å². The zero-order valence-electron chi connectivity index (χ0n) is 11.5. The molecule has 0 bridgehead atoms. The standard InChI is InChI=1S/C15H21ClN2O/c1-10-6-7-13(12(16)9-10)18-14(19)11-5-3-4-8-15(11,2)17/h6-7,9,11H,3-5,8,17H2,1-2H3,(H,18,19). The summed E-state index contributed by atoms with van der Waals surface area (Å²) in [5, 5.41) is 3.48. The second kappa shape index (κ2) is 5.51. The molecule has 3 nitrogen and oxygen atoms in total. The number of hydrogen-bond donors (Lipinski definition) is 2. The number of carbonyl (C=O) groups excluding carboxylic acids is 1. The Kier molecular flexibility index (Phi) is 4.16. The summed E-state index contributed by atoms with van der Waals surface area (Å²) >= 11 is 6.14. The summed E-state index contributed by atoms with van der Waals surface area (Å²) in [6.45, 7) is 3.93. The van der Waals surface area contributed by atoms with Gasteiger partial charge in [0.05, 0.1) is 16.6 Å². The number of anilines is 1. The van der Waals surface area contributed by atoms with Crippen LogP contribution in [0.5, 0.6) is 0 Å². The summed E-state index contributed by atoms with van der Waals surface area (Å²) in [5.41, 5.74) is 7.57. The van der Waals surface area contributed by atoms with Crippen LogP contribution in [-0.4, -0.2) is 11.4 Å². The highest BCUT2D eigenvalue weighted by molar-refractivity contribution is 6.33. The molecule has 2 atom stereocenters. The van der Waals surface area contributed by atoms with Gasteiger partial charge in [0, 0.05) is 5.54 Å². The van der Waals surface area contributed by atoms with E-state index in [1.807, 2.05) is 32.0 Å². The Morgan fingerprint density at radius 1 is 1.47 bits per heavy atom. The molecule has 4 heteroatoms. The van der Waals surface area contributed by atoms with Crippen LogP contribution >= 0.6 is 11.6 Å². The first-order valence-corrected chi connectivity index (χ1v) is 7.14. The fourth-order valence-electron chi connectivity index (χ4n) is 2.73. The van der Waals surface area contributed by atoms with Crippen molar-refractivity contribution in [1.29, 1.82) is 0 Å². The van der Waals surface area contributed by atoms with Crippen molar-refractivity contribution in [3.63, 3.8) is 0 Å². The number of nitrogens with one attached hydrogen (secondary N) is 1. The molecule has 104 valence electrons. The second-order valence-electron chi connectivity index (χ2n) is 5.78. The lowest BCUT2D eigenvalue weighted by Gasteiger charge is -2.37. The van der Waals surface area contributed by atoms with Crippen LogP contribution in [0.3, 0.4) is 0 Å². The van der Waals surface area contributed by atoms with Crippen molar-refractivity contribution in [3.8, 4) is 0 Å². The minimum Gasteiger partial charge on any atom is -0.325 e. The highest BCUT2D eigenvalue weighted by Crippen LogP contribution is 2.33. The molecule has 0 spiro atoms. The highest BCUT2D eigenvalue weighted by Gasteiger charge is 2.37. The van der Waals surface area contributed by atoms with Crippen LogP contribution in [0, 0.1) is 12.8 Å². The van der Waals surface area contributed by atoms with E-state index in [4.69, 9.17) is 17.3 Å². The third-order valence-corrected chi connectivity index (χ3v) is 4.27. The van der Waals surface area contributed by atoms with Crippen molar-refractivity contribution in [3.05, 3.63) is 28.8 Å². The summed E-state index contributed by atoms with van der Waals surface area (Å²) in [6.07, 6.45) is 3.91. The van der Waals surface area contributed by atoms with Crippen LogP contribution in [0.25, 0.3) is 0 Å². The number of rotatable bonds is 2.